The Morgan fingerprint density at radius 1 is 1.38 bits per heavy atom. The van der Waals surface area contributed by atoms with E-state index in [9.17, 15) is 8.42 Å². The first-order chi connectivity index (χ1) is 5.91. The fourth-order valence-electron chi connectivity index (χ4n) is 0.912. The van der Waals surface area contributed by atoms with Crippen molar-refractivity contribution in [2.45, 2.75) is 0 Å². The highest BCUT2D eigenvalue weighted by Crippen LogP contribution is 2.16. The van der Waals surface area contributed by atoms with Gasteiger partial charge in [-0.05, 0) is 24.6 Å². The van der Waals surface area contributed by atoms with Gasteiger partial charge in [0, 0.05) is 7.05 Å². The SMILES string of the molecule is [CH]c1cccc(N(C)S(C)(=O)=O)c1. The third-order valence-electron chi connectivity index (χ3n) is 1.73. The minimum Gasteiger partial charge on any atom is -0.274 e. The summed E-state index contributed by atoms with van der Waals surface area (Å²) in [6.45, 7) is 5.52. The minimum absolute atomic E-state index is 0.549. The van der Waals surface area contributed by atoms with Crippen molar-refractivity contribution in [1.29, 1.82) is 0 Å². The molecule has 0 amide bonds. The zero-order chi connectivity index (χ0) is 10.1. The first-order valence-electron chi connectivity index (χ1n) is 3.71. The maximum Gasteiger partial charge on any atom is 0.231 e. The summed E-state index contributed by atoms with van der Waals surface area (Å²) >= 11 is 0. The van der Waals surface area contributed by atoms with Gasteiger partial charge in [0.05, 0.1) is 11.9 Å². The summed E-state index contributed by atoms with van der Waals surface area (Å²) < 4.78 is 23.4. The molecule has 2 radical (unpaired) electrons. The Bertz CT molecular complexity index is 398. The van der Waals surface area contributed by atoms with Gasteiger partial charge < -0.3 is 0 Å². The normalized spacial score (nSPS) is 11.3. The Morgan fingerprint density at radius 3 is 2.46 bits per heavy atom. The Balaban J connectivity index is 3.10. The molecule has 1 aromatic carbocycles. The van der Waals surface area contributed by atoms with Crippen LogP contribution in [0.5, 0.6) is 0 Å². The van der Waals surface area contributed by atoms with Gasteiger partial charge in [-0.15, -0.1) is 0 Å². The fourth-order valence-corrected chi connectivity index (χ4v) is 1.41. The van der Waals surface area contributed by atoms with E-state index in [4.69, 9.17) is 6.92 Å². The number of hydrogen-bond donors (Lipinski definition) is 0. The lowest BCUT2D eigenvalue weighted by Crippen LogP contribution is -2.24. The predicted octanol–water partition coefficient (Wildman–Crippen LogP) is 1.14. The van der Waals surface area contributed by atoms with Crippen LogP contribution in [-0.4, -0.2) is 21.7 Å². The molecule has 0 heterocycles. The van der Waals surface area contributed by atoms with E-state index in [1.807, 2.05) is 0 Å². The molecule has 0 saturated carbocycles. The molecule has 1 aromatic rings. The highest BCUT2D eigenvalue weighted by molar-refractivity contribution is 7.92. The van der Waals surface area contributed by atoms with Gasteiger partial charge in [0.15, 0.2) is 0 Å². The highest BCUT2D eigenvalue weighted by atomic mass is 32.2. The molecule has 0 aliphatic heterocycles. The topological polar surface area (TPSA) is 37.4 Å². The largest absolute Gasteiger partial charge is 0.274 e. The molecule has 0 unspecified atom stereocenters. The quantitative estimate of drug-likeness (QED) is 0.713. The molecule has 0 spiro atoms. The van der Waals surface area contributed by atoms with Crippen LogP contribution < -0.4 is 4.31 Å². The molecule has 0 aliphatic carbocycles. The van der Waals surface area contributed by atoms with Gasteiger partial charge in [0.1, 0.15) is 0 Å². The molecule has 3 nitrogen and oxygen atoms in total. The van der Waals surface area contributed by atoms with Crippen LogP contribution in [0, 0.1) is 6.92 Å². The summed E-state index contributed by atoms with van der Waals surface area (Å²) in [6.07, 6.45) is 1.15. The van der Waals surface area contributed by atoms with E-state index in [0.717, 1.165) is 6.26 Å². The average molecular weight is 197 g/mol. The Kier molecular flexibility index (Phi) is 2.61. The maximum absolute atomic E-state index is 11.1. The first kappa shape index (κ1) is 10.1. The van der Waals surface area contributed by atoms with Crippen LogP contribution >= 0.6 is 0 Å². The van der Waals surface area contributed by atoms with Crippen LogP contribution in [0.3, 0.4) is 0 Å². The fraction of sp³-hybridized carbons (Fsp3) is 0.222. The standard InChI is InChI=1S/C9H11NO2S/c1-8-5-4-6-9(7-8)10(2)13(3,11)12/h1,4-7H,2-3H3. The molecule has 13 heavy (non-hydrogen) atoms. The first-order valence-corrected chi connectivity index (χ1v) is 5.55. The lowest BCUT2D eigenvalue weighted by atomic mass is 10.2. The van der Waals surface area contributed by atoms with Gasteiger partial charge in [-0.3, -0.25) is 4.31 Å². The Labute approximate surface area is 79.0 Å². The minimum atomic E-state index is -3.19. The monoisotopic (exact) mass is 197 g/mol. The van der Waals surface area contributed by atoms with Crippen molar-refractivity contribution in [3.63, 3.8) is 0 Å². The van der Waals surface area contributed by atoms with Crippen molar-refractivity contribution in [3.8, 4) is 0 Å². The van der Waals surface area contributed by atoms with Gasteiger partial charge in [-0.1, -0.05) is 12.1 Å². The van der Waals surface area contributed by atoms with Crippen molar-refractivity contribution < 1.29 is 8.42 Å². The van der Waals surface area contributed by atoms with Crippen molar-refractivity contribution in [1.82, 2.24) is 0 Å². The van der Waals surface area contributed by atoms with Crippen molar-refractivity contribution >= 4 is 15.7 Å². The summed E-state index contributed by atoms with van der Waals surface area (Å²) in [5.41, 5.74) is 1.12. The number of hydrogen-bond acceptors (Lipinski definition) is 2. The van der Waals surface area contributed by atoms with Crippen LogP contribution in [0.15, 0.2) is 24.3 Å². The van der Waals surface area contributed by atoms with E-state index in [1.165, 1.54) is 11.4 Å². The van der Waals surface area contributed by atoms with Crippen LogP contribution in [-0.2, 0) is 10.0 Å². The highest BCUT2D eigenvalue weighted by Gasteiger charge is 2.10. The second-order valence-electron chi connectivity index (χ2n) is 2.83. The van der Waals surface area contributed by atoms with Crippen molar-refractivity contribution in [2.24, 2.45) is 0 Å². The number of benzene rings is 1. The molecular weight excluding hydrogens is 186 g/mol. The van der Waals surface area contributed by atoms with Gasteiger partial charge in [0.2, 0.25) is 10.0 Å². The van der Waals surface area contributed by atoms with Crippen LogP contribution in [0.1, 0.15) is 5.56 Å². The van der Waals surface area contributed by atoms with E-state index in [-0.39, 0.29) is 0 Å². The van der Waals surface area contributed by atoms with E-state index < -0.39 is 10.0 Å². The number of sulfonamides is 1. The molecule has 0 aliphatic rings. The number of rotatable bonds is 2. The Morgan fingerprint density at radius 2 is 2.00 bits per heavy atom. The summed E-state index contributed by atoms with van der Waals surface area (Å²) in [6, 6.07) is 6.73. The summed E-state index contributed by atoms with van der Waals surface area (Å²) in [5.74, 6) is 0. The summed E-state index contributed by atoms with van der Waals surface area (Å²) in [7, 11) is -1.70. The van der Waals surface area contributed by atoms with Gasteiger partial charge in [0.25, 0.3) is 0 Å². The van der Waals surface area contributed by atoms with Crippen molar-refractivity contribution in [2.75, 3.05) is 17.6 Å². The van der Waals surface area contributed by atoms with Gasteiger partial charge in [-0.2, -0.15) is 0 Å². The number of anilines is 1. The second-order valence-corrected chi connectivity index (χ2v) is 4.84. The molecule has 0 fully saturated rings. The molecule has 0 bridgehead atoms. The predicted molar refractivity (Wildman–Crippen MR) is 53.1 cm³/mol. The molecule has 0 N–H and O–H groups in total. The van der Waals surface area contributed by atoms with Crippen LogP contribution in [0.4, 0.5) is 5.69 Å². The molecule has 0 saturated heterocycles. The van der Waals surface area contributed by atoms with Gasteiger partial charge >= 0.3 is 0 Å². The van der Waals surface area contributed by atoms with Crippen LogP contribution in [0.2, 0.25) is 0 Å². The van der Waals surface area contributed by atoms with Crippen LogP contribution in [0.25, 0.3) is 0 Å². The lowest BCUT2D eigenvalue weighted by Gasteiger charge is -2.16. The molecule has 0 aromatic heterocycles. The second kappa shape index (κ2) is 3.38. The smallest absolute Gasteiger partial charge is 0.231 e. The summed E-state index contributed by atoms with van der Waals surface area (Å²) in [4.78, 5) is 0. The third-order valence-corrected chi connectivity index (χ3v) is 2.94. The zero-order valence-electron chi connectivity index (χ0n) is 7.56. The molecule has 4 heteroatoms. The number of nitrogens with zero attached hydrogens (tertiary/aromatic N) is 1. The Hall–Kier alpha value is -1.03. The lowest BCUT2D eigenvalue weighted by molar-refractivity contribution is 0.600. The van der Waals surface area contributed by atoms with E-state index in [1.54, 1.807) is 24.3 Å². The van der Waals surface area contributed by atoms with E-state index in [2.05, 4.69) is 0 Å². The summed E-state index contributed by atoms with van der Waals surface area (Å²) in [5, 5.41) is 0. The average Bonchev–Trinajstić information content (AvgIpc) is 2.01. The zero-order valence-corrected chi connectivity index (χ0v) is 8.38. The van der Waals surface area contributed by atoms with E-state index in [0.29, 0.717) is 11.3 Å². The maximum atomic E-state index is 11.1. The van der Waals surface area contributed by atoms with Crippen molar-refractivity contribution in [3.05, 3.63) is 36.8 Å². The molecule has 0 atom stereocenters. The molecule has 70 valence electrons. The third kappa shape index (κ3) is 2.45. The molecule has 1 rings (SSSR count). The van der Waals surface area contributed by atoms with E-state index >= 15 is 0 Å². The molecular formula is C9H11NO2S. The van der Waals surface area contributed by atoms with Gasteiger partial charge in [-0.25, -0.2) is 8.42 Å².